The summed E-state index contributed by atoms with van der Waals surface area (Å²) >= 11 is 3.55. The van der Waals surface area contributed by atoms with E-state index >= 15 is 13.2 Å². The van der Waals surface area contributed by atoms with Crippen molar-refractivity contribution in [1.29, 1.82) is 0 Å². The van der Waals surface area contributed by atoms with E-state index in [4.69, 9.17) is 9.72 Å². The van der Waals surface area contributed by atoms with Crippen molar-refractivity contribution in [1.82, 2.24) is 30.1 Å². The zero-order valence-electron chi connectivity index (χ0n) is 38.1. The molecular formula is C48H58BrF3N9O4P. The molecule has 352 valence electrons. The summed E-state index contributed by atoms with van der Waals surface area (Å²) in [5, 5.41) is 20.2. The monoisotopic (exact) mass is 991 g/mol. The van der Waals surface area contributed by atoms with Crippen LogP contribution in [0.1, 0.15) is 67.8 Å². The van der Waals surface area contributed by atoms with Gasteiger partial charge in [-0.3, -0.25) is 14.7 Å². The number of piperidine rings is 2. The molecule has 0 spiro atoms. The zero-order valence-corrected chi connectivity index (χ0v) is 40.5. The molecule has 3 aromatic carbocycles. The van der Waals surface area contributed by atoms with Gasteiger partial charge in [0.2, 0.25) is 11.9 Å². The molecule has 3 aliphatic rings. The third kappa shape index (κ3) is 10.5. The van der Waals surface area contributed by atoms with E-state index in [2.05, 4.69) is 75.6 Å². The van der Waals surface area contributed by atoms with Crippen LogP contribution in [0, 0.1) is 24.4 Å². The minimum Gasteiger partial charge on any atom is -0.492 e. The van der Waals surface area contributed by atoms with Crippen LogP contribution in [0.3, 0.4) is 0 Å². The first-order valence-electron chi connectivity index (χ1n) is 22.8. The third-order valence-electron chi connectivity index (χ3n) is 13.0. The molecule has 0 bridgehead atoms. The Morgan fingerprint density at radius 3 is 2.32 bits per heavy atom. The molecule has 2 atom stereocenters. The van der Waals surface area contributed by atoms with Crippen LogP contribution >= 0.6 is 23.1 Å². The van der Waals surface area contributed by atoms with Gasteiger partial charge in [-0.05, 0) is 111 Å². The number of piperazine rings is 1. The maximum Gasteiger partial charge on any atom is 0.229 e. The number of aryl methyl sites for hydroxylation is 2. The van der Waals surface area contributed by atoms with Gasteiger partial charge in [0, 0.05) is 110 Å². The largest absolute Gasteiger partial charge is 0.492 e. The highest BCUT2D eigenvalue weighted by Crippen LogP contribution is 2.43. The van der Waals surface area contributed by atoms with Crippen molar-refractivity contribution in [2.24, 2.45) is 0 Å². The number of pyridine rings is 1. The van der Waals surface area contributed by atoms with Crippen molar-refractivity contribution in [3.8, 4) is 5.75 Å². The second kappa shape index (κ2) is 20.2. The number of aliphatic hydroxyl groups excluding tert-OH is 1. The molecule has 0 aliphatic carbocycles. The fourth-order valence-corrected chi connectivity index (χ4v) is 11.4. The highest BCUT2D eigenvalue weighted by Gasteiger charge is 2.33. The average Bonchev–Trinajstić information content (AvgIpc) is 3.28. The average molecular weight is 993 g/mol. The van der Waals surface area contributed by atoms with E-state index in [0.29, 0.717) is 80.9 Å². The van der Waals surface area contributed by atoms with Gasteiger partial charge in [0.25, 0.3) is 0 Å². The lowest BCUT2D eigenvalue weighted by Gasteiger charge is -2.43. The lowest BCUT2D eigenvalue weighted by molar-refractivity contribution is -0.127. The first kappa shape index (κ1) is 47.7. The second-order valence-electron chi connectivity index (χ2n) is 17.8. The van der Waals surface area contributed by atoms with Gasteiger partial charge in [-0.1, -0.05) is 13.0 Å². The molecule has 3 fully saturated rings. The molecule has 3 saturated heterocycles. The lowest BCUT2D eigenvalue weighted by Crippen LogP contribution is -2.53. The second-order valence-corrected chi connectivity index (χ2v) is 21.8. The number of hydrogen-bond donors (Lipinski definition) is 4. The number of hydrogen-bond acceptors (Lipinski definition) is 12. The van der Waals surface area contributed by atoms with Crippen molar-refractivity contribution in [3.05, 3.63) is 93.0 Å². The van der Waals surface area contributed by atoms with Gasteiger partial charge in [0.15, 0.2) is 5.82 Å². The van der Waals surface area contributed by atoms with E-state index in [9.17, 15) is 14.5 Å². The van der Waals surface area contributed by atoms with Gasteiger partial charge >= 0.3 is 0 Å². The Balaban J connectivity index is 0.890. The summed E-state index contributed by atoms with van der Waals surface area (Å²) in [6.07, 6.45) is 3.95. The number of carbonyl (C=O) groups excluding carboxylic acids is 1. The number of amides is 1. The van der Waals surface area contributed by atoms with Gasteiger partial charge in [-0.2, -0.15) is 4.98 Å². The molecule has 0 radical (unpaired) electrons. The predicted octanol–water partition coefficient (Wildman–Crippen LogP) is 8.35. The Morgan fingerprint density at radius 2 is 1.65 bits per heavy atom. The predicted molar refractivity (Wildman–Crippen MR) is 258 cm³/mol. The van der Waals surface area contributed by atoms with Gasteiger partial charge < -0.3 is 40.2 Å². The van der Waals surface area contributed by atoms with Crippen molar-refractivity contribution >= 4 is 74.0 Å². The molecule has 5 heterocycles. The third-order valence-corrected chi connectivity index (χ3v) is 15.2. The number of halogens is 4. The minimum atomic E-state index is -2.93. The van der Waals surface area contributed by atoms with Crippen LogP contribution < -0.4 is 30.9 Å². The van der Waals surface area contributed by atoms with E-state index in [0.717, 1.165) is 69.8 Å². The number of ether oxygens (including phenoxy) is 1. The van der Waals surface area contributed by atoms with Crippen LogP contribution in [0.15, 0.2) is 53.1 Å². The molecule has 18 heteroatoms. The van der Waals surface area contributed by atoms with Crippen LogP contribution in [-0.4, -0.2) is 114 Å². The Kier molecular flexibility index (Phi) is 14.6. The van der Waals surface area contributed by atoms with E-state index in [1.165, 1.54) is 18.2 Å². The summed E-state index contributed by atoms with van der Waals surface area (Å²) in [5.74, 6) is -1.70. The SMILES string of the molecule is CCOc1cc(N2CCC(N3CCN(CCc4cc(F)c([C@H]5CCC(=O)NC5O)c(F)c4)CC3)CC2)c(CC)cc1Nc1ncc(Br)c(Nc2cc(F)c3nc(C)ccc3c2P(C)(C)=O)n1. The summed E-state index contributed by atoms with van der Waals surface area (Å²) in [7, 11) is -2.93. The Hall–Kier alpha value is -4.80. The maximum atomic E-state index is 15.5. The van der Waals surface area contributed by atoms with Crippen LogP contribution in [0.4, 0.5) is 42.0 Å². The van der Waals surface area contributed by atoms with Gasteiger partial charge in [-0.25, -0.2) is 18.2 Å². The quantitative estimate of drug-likeness (QED) is 0.0793. The molecule has 3 aliphatic heterocycles. The summed E-state index contributed by atoms with van der Waals surface area (Å²) in [6, 6.07) is 12.3. The van der Waals surface area contributed by atoms with Crippen LogP contribution in [0.2, 0.25) is 0 Å². The number of fused-ring (bicyclic) bond motifs is 1. The molecule has 4 N–H and O–H groups in total. The van der Waals surface area contributed by atoms with Crippen molar-refractivity contribution in [3.63, 3.8) is 0 Å². The fourth-order valence-electron chi connectivity index (χ4n) is 9.67. The first-order chi connectivity index (χ1) is 31.6. The zero-order chi connectivity index (χ0) is 46.9. The number of benzene rings is 3. The molecule has 1 amide bonds. The normalized spacial score (nSPS) is 19.0. The van der Waals surface area contributed by atoms with E-state index in [-0.39, 0.29) is 29.8 Å². The Morgan fingerprint density at radius 1 is 0.924 bits per heavy atom. The van der Waals surface area contributed by atoms with Crippen molar-refractivity contribution in [2.75, 3.05) is 81.3 Å². The number of nitrogens with zero attached hydrogens (tertiary/aromatic N) is 6. The van der Waals surface area contributed by atoms with Crippen molar-refractivity contribution in [2.45, 2.75) is 77.5 Å². The molecule has 66 heavy (non-hydrogen) atoms. The molecular weight excluding hydrogens is 934 g/mol. The van der Waals surface area contributed by atoms with Gasteiger partial charge in [-0.15, -0.1) is 0 Å². The smallest absolute Gasteiger partial charge is 0.229 e. The molecule has 1 unspecified atom stereocenters. The van der Waals surface area contributed by atoms with Crippen LogP contribution in [0.25, 0.3) is 10.9 Å². The van der Waals surface area contributed by atoms with Crippen LogP contribution in [0.5, 0.6) is 5.75 Å². The van der Waals surface area contributed by atoms with E-state index in [1.54, 1.807) is 38.6 Å². The summed E-state index contributed by atoms with van der Waals surface area (Å²) in [6.45, 7) is 15.7. The highest BCUT2D eigenvalue weighted by atomic mass is 79.9. The number of rotatable bonds is 14. The van der Waals surface area contributed by atoms with Crippen molar-refractivity contribution < 1.29 is 32.4 Å². The molecule has 13 nitrogen and oxygen atoms in total. The van der Waals surface area contributed by atoms with E-state index < -0.39 is 36.7 Å². The molecule has 8 rings (SSSR count). The molecule has 0 saturated carbocycles. The highest BCUT2D eigenvalue weighted by molar-refractivity contribution is 9.10. The number of carbonyl (C=O) groups is 1. The molecule has 5 aromatic rings. The van der Waals surface area contributed by atoms with Crippen LogP contribution in [-0.2, 0) is 22.2 Å². The number of aromatic nitrogens is 3. The number of aliphatic hydroxyl groups is 1. The standard InChI is InChI=1S/C48H58BrF3N9O4P/c1-6-30-24-38(56-48-53-27-34(49)46(58-48)55-39-25-37(52)44-33(9-8-28(3)54-44)45(39)66(4,5)64)41(65-7-2)26-40(30)61-16-13-31(14-17-61)60-20-18-59(19-21-60)15-12-29-22-35(50)43(36(51)23-29)32-10-11-42(62)57-47(32)63/h8-9,22-27,31-32,47,63H,6-7,10-21H2,1-5H3,(H,57,62)(H2,53,55,56,58)/t32-,47?/m1/s1. The number of anilines is 5. The summed E-state index contributed by atoms with van der Waals surface area (Å²) in [5.41, 5.74) is 4.60. The molecule has 2 aromatic heterocycles. The Labute approximate surface area is 392 Å². The van der Waals surface area contributed by atoms with Gasteiger partial charge in [0.05, 0.1) is 22.5 Å². The maximum absolute atomic E-state index is 15.5. The lowest BCUT2D eigenvalue weighted by atomic mass is 9.88. The van der Waals surface area contributed by atoms with Gasteiger partial charge in [0.1, 0.15) is 42.1 Å². The Bertz CT molecular complexity index is 2630. The topological polar surface area (TPSA) is 148 Å². The minimum absolute atomic E-state index is 0.119. The summed E-state index contributed by atoms with van der Waals surface area (Å²) in [4.78, 5) is 32.7. The number of nitrogens with one attached hydrogen (secondary N) is 3. The summed E-state index contributed by atoms with van der Waals surface area (Å²) < 4.78 is 66.2. The van der Waals surface area contributed by atoms with E-state index in [1.807, 2.05) is 6.92 Å². The fraction of sp³-hybridized carbons (Fsp3) is 0.458. The first-order valence-corrected chi connectivity index (χ1v) is 26.2.